The van der Waals surface area contributed by atoms with Crippen LogP contribution in [0, 0.1) is 0 Å². The fourth-order valence-corrected chi connectivity index (χ4v) is 3.16. The van der Waals surface area contributed by atoms with Crippen molar-refractivity contribution in [2.45, 2.75) is 13.3 Å². The number of allylic oxidation sites excluding steroid dienone is 1. The van der Waals surface area contributed by atoms with Crippen molar-refractivity contribution in [2.75, 3.05) is 11.9 Å². The topological polar surface area (TPSA) is 48.8 Å². The van der Waals surface area contributed by atoms with Gasteiger partial charge in [0.1, 0.15) is 0 Å². The van der Waals surface area contributed by atoms with Crippen molar-refractivity contribution in [3.05, 3.63) is 76.0 Å². The summed E-state index contributed by atoms with van der Waals surface area (Å²) in [6.45, 7) is 2.86. The van der Waals surface area contributed by atoms with Crippen LogP contribution in [0.3, 0.4) is 0 Å². The summed E-state index contributed by atoms with van der Waals surface area (Å²) in [6, 6.07) is 15.6. The Labute approximate surface area is 167 Å². The maximum atomic E-state index is 6.12. The van der Waals surface area contributed by atoms with Crippen molar-refractivity contribution in [1.29, 1.82) is 0 Å². The SMILES string of the molecule is C/C(=C\N=C1N=C(Nc2cc(Cl)ccc2Cl)S1)NCCc1ccccc1. The van der Waals surface area contributed by atoms with Gasteiger partial charge in [-0.1, -0.05) is 53.5 Å². The average Bonchev–Trinajstić information content (AvgIpc) is 2.60. The van der Waals surface area contributed by atoms with Gasteiger partial charge in [0, 0.05) is 23.5 Å². The molecule has 0 aliphatic carbocycles. The van der Waals surface area contributed by atoms with Crippen LogP contribution in [0.25, 0.3) is 0 Å². The van der Waals surface area contributed by atoms with Crippen molar-refractivity contribution < 1.29 is 0 Å². The highest BCUT2D eigenvalue weighted by molar-refractivity contribution is 8.29. The van der Waals surface area contributed by atoms with E-state index in [1.54, 1.807) is 24.4 Å². The molecule has 0 saturated carbocycles. The molecule has 0 bridgehead atoms. The Balaban J connectivity index is 1.47. The Morgan fingerprint density at radius 3 is 2.73 bits per heavy atom. The van der Waals surface area contributed by atoms with E-state index < -0.39 is 0 Å². The summed E-state index contributed by atoms with van der Waals surface area (Å²) in [5.41, 5.74) is 3.05. The van der Waals surface area contributed by atoms with Gasteiger partial charge in [-0.2, -0.15) is 4.99 Å². The third-order valence-corrected chi connectivity index (χ3v) is 4.91. The maximum Gasteiger partial charge on any atom is 0.197 e. The Morgan fingerprint density at radius 2 is 1.96 bits per heavy atom. The lowest BCUT2D eigenvalue weighted by Gasteiger charge is -2.16. The number of nitrogens with zero attached hydrogens (tertiary/aromatic N) is 2. The zero-order chi connectivity index (χ0) is 18.4. The van der Waals surface area contributed by atoms with Gasteiger partial charge in [0.05, 0.1) is 10.7 Å². The summed E-state index contributed by atoms with van der Waals surface area (Å²) in [6.07, 6.45) is 2.77. The van der Waals surface area contributed by atoms with Crippen LogP contribution >= 0.6 is 35.0 Å². The Morgan fingerprint density at radius 1 is 1.19 bits per heavy atom. The van der Waals surface area contributed by atoms with Gasteiger partial charge in [0.25, 0.3) is 0 Å². The first-order valence-corrected chi connectivity index (χ1v) is 9.68. The Bertz CT molecular complexity index is 863. The molecule has 26 heavy (non-hydrogen) atoms. The summed E-state index contributed by atoms with van der Waals surface area (Å²) < 4.78 is 0. The third kappa shape index (κ3) is 5.53. The van der Waals surface area contributed by atoms with Gasteiger partial charge < -0.3 is 10.6 Å². The summed E-state index contributed by atoms with van der Waals surface area (Å²) in [5.74, 6) is 0. The van der Waals surface area contributed by atoms with E-state index in [1.165, 1.54) is 17.3 Å². The fourth-order valence-electron chi connectivity index (χ4n) is 2.24. The largest absolute Gasteiger partial charge is 0.387 e. The number of thioether (sulfide) groups is 1. The lowest BCUT2D eigenvalue weighted by atomic mass is 10.1. The number of rotatable bonds is 6. The minimum absolute atomic E-state index is 0.599. The smallest absolute Gasteiger partial charge is 0.197 e. The van der Waals surface area contributed by atoms with Crippen LogP contribution in [0.5, 0.6) is 0 Å². The van der Waals surface area contributed by atoms with Crippen molar-refractivity contribution in [3.63, 3.8) is 0 Å². The zero-order valence-electron chi connectivity index (χ0n) is 14.2. The molecule has 7 heteroatoms. The normalized spacial score (nSPS) is 15.4. The number of hydrogen-bond donors (Lipinski definition) is 2. The van der Waals surface area contributed by atoms with Gasteiger partial charge in [-0.25, -0.2) is 4.99 Å². The van der Waals surface area contributed by atoms with E-state index in [4.69, 9.17) is 23.2 Å². The molecule has 1 aliphatic rings. The first kappa shape index (κ1) is 18.8. The lowest BCUT2D eigenvalue weighted by Crippen LogP contribution is -2.20. The van der Waals surface area contributed by atoms with Crippen LogP contribution in [0.15, 0.2) is 70.4 Å². The molecule has 0 unspecified atom stereocenters. The van der Waals surface area contributed by atoms with Gasteiger partial charge >= 0.3 is 0 Å². The first-order valence-electron chi connectivity index (χ1n) is 8.11. The fraction of sp³-hybridized carbons (Fsp3) is 0.158. The summed E-state index contributed by atoms with van der Waals surface area (Å²) in [4.78, 5) is 8.69. The van der Waals surface area contributed by atoms with Crippen LogP contribution in [-0.2, 0) is 6.42 Å². The summed E-state index contributed by atoms with van der Waals surface area (Å²) >= 11 is 13.6. The van der Waals surface area contributed by atoms with Crippen LogP contribution in [0.2, 0.25) is 10.0 Å². The second-order valence-electron chi connectivity index (χ2n) is 5.65. The summed E-state index contributed by atoms with van der Waals surface area (Å²) in [7, 11) is 0. The molecule has 0 spiro atoms. The van der Waals surface area contributed by atoms with Gasteiger partial charge in [-0.05, 0) is 48.9 Å². The Kier molecular flexibility index (Phi) is 6.61. The predicted molar refractivity (Wildman–Crippen MR) is 114 cm³/mol. The van der Waals surface area contributed by atoms with E-state index in [2.05, 4.69) is 44.9 Å². The quantitative estimate of drug-likeness (QED) is 0.662. The van der Waals surface area contributed by atoms with Crippen LogP contribution in [0.1, 0.15) is 12.5 Å². The van der Waals surface area contributed by atoms with Gasteiger partial charge in [0.15, 0.2) is 10.3 Å². The molecule has 0 saturated heterocycles. The molecule has 0 radical (unpaired) electrons. The maximum absolute atomic E-state index is 6.12. The molecule has 1 heterocycles. The van der Waals surface area contributed by atoms with Crippen LogP contribution in [0.4, 0.5) is 5.69 Å². The molecule has 0 fully saturated rings. The minimum atomic E-state index is 0.599. The number of amidine groups is 2. The lowest BCUT2D eigenvalue weighted by molar-refractivity contribution is 0.785. The van der Waals surface area contributed by atoms with Crippen LogP contribution in [-0.4, -0.2) is 16.9 Å². The molecule has 4 nitrogen and oxygen atoms in total. The molecule has 134 valence electrons. The predicted octanol–water partition coefficient (Wildman–Crippen LogP) is 5.56. The second-order valence-corrected chi connectivity index (χ2v) is 7.45. The molecule has 2 aromatic carbocycles. The molecule has 2 aromatic rings. The van der Waals surface area contributed by atoms with Crippen molar-refractivity contribution in [2.24, 2.45) is 9.98 Å². The van der Waals surface area contributed by atoms with E-state index >= 15 is 0 Å². The van der Waals surface area contributed by atoms with E-state index in [0.29, 0.717) is 15.2 Å². The molecule has 0 aromatic heterocycles. The standard InChI is InChI=1S/C19H18Cl2N4S/c1-13(22-10-9-14-5-3-2-4-6-14)12-23-18-25-19(26-18)24-17-11-15(20)7-8-16(17)21/h2-8,11-12,22H,9-10H2,1H3,(H,23,24,25)/b13-12+. The number of aliphatic imine (C=N–C) groups is 2. The highest BCUT2D eigenvalue weighted by atomic mass is 35.5. The molecule has 3 rings (SSSR count). The molecule has 1 aliphatic heterocycles. The van der Waals surface area contributed by atoms with Crippen molar-refractivity contribution in [3.8, 4) is 0 Å². The van der Waals surface area contributed by atoms with Gasteiger partial charge in [-0.15, -0.1) is 0 Å². The van der Waals surface area contributed by atoms with Crippen molar-refractivity contribution >= 4 is 51.0 Å². The van der Waals surface area contributed by atoms with Gasteiger partial charge in [0.2, 0.25) is 0 Å². The second kappa shape index (κ2) is 9.12. The first-order chi connectivity index (χ1) is 12.6. The number of hydrogen-bond acceptors (Lipinski definition) is 4. The monoisotopic (exact) mass is 404 g/mol. The highest BCUT2D eigenvalue weighted by Gasteiger charge is 2.18. The molecule has 0 atom stereocenters. The molecule has 2 N–H and O–H groups in total. The Hall–Kier alpha value is -1.95. The minimum Gasteiger partial charge on any atom is -0.387 e. The van der Waals surface area contributed by atoms with E-state index in [-0.39, 0.29) is 0 Å². The van der Waals surface area contributed by atoms with Crippen molar-refractivity contribution in [1.82, 2.24) is 5.32 Å². The molecule has 0 amide bonds. The van der Waals surface area contributed by atoms with E-state index in [9.17, 15) is 0 Å². The number of benzene rings is 2. The third-order valence-electron chi connectivity index (χ3n) is 3.58. The number of anilines is 1. The van der Waals surface area contributed by atoms with Gasteiger partial charge in [-0.3, -0.25) is 0 Å². The summed E-state index contributed by atoms with van der Waals surface area (Å²) in [5, 5.41) is 9.15. The highest BCUT2D eigenvalue weighted by Crippen LogP contribution is 2.29. The molecular weight excluding hydrogens is 387 g/mol. The van der Waals surface area contributed by atoms with Crippen LogP contribution < -0.4 is 10.6 Å². The zero-order valence-corrected chi connectivity index (χ0v) is 16.5. The number of halogens is 2. The van der Waals surface area contributed by atoms with E-state index in [1.807, 2.05) is 13.0 Å². The number of nitrogens with one attached hydrogen (secondary N) is 2. The molecular formula is C19H18Cl2N4S. The average molecular weight is 405 g/mol. The van der Waals surface area contributed by atoms with E-state index in [0.717, 1.165) is 29.5 Å².